The average Bonchev–Trinajstić information content (AvgIpc) is 1.59. The fraction of sp³-hybridized carbons (Fsp3) is 0. The summed E-state index contributed by atoms with van der Waals surface area (Å²) in [5.74, 6) is 5.02. The Bertz CT molecular complexity index is 10000. The molecule has 0 aliphatic heterocycles. The van der Waals surface area contributed by atoms with Crippen LogP contribution in [0.2, 0.25) is 0 Å². The number of benzene rings is 20. The van der Waals surface area contributed by atoms with Gasteiger partial charge in [0.2, 0.25) is 17.8 Å². The van der Waals surface area contributed by atoms with E-state index in [1.165, 1.54) is 5.56 Å². The first kappa shape index (κ1) is 85.0. The maximum Gasteiger partial charge on any atom is 0.238 e. The van der Waals surface area contributed by atoms with Gasteiger partial charge >= 0.3 is 0 Å². The van der Waals surface area contributed by atoms with Crippen LogP contribution in [0.1, 0.15) is 0 Å². The summed E-state index contributed by atoms with van der Waals surface area (Å²) in [6.45, 7) is 7.37. The molecule has 682 valence electrons. The highest BCUT2D eigenvalue weighted by Crippen LogP contribution is 2.46. The summed E-state index contributed by atoms with van der Waals surface area (Å²) >= 11 is 0. The lowest BCUT2D eigenvalue weighted by Crippen LogP contribution is -2.06. The zero-order chi connectivity index (χ0) is 96.7. The van der Waals surface area contributed by atoms with Crippen molar-refractivity contribution in [2.75, 3.05) is 0 Å². The van der Waals surface area contributed by atoms with Gasteiger partial charge in [0.25, 0.3) is 0 Å². The van der Waals surface area contributed by atoms with Gasteiger partial charge in [0.05, 0.1) is 56.4 Å². The number of aromatic nitrogens is 12. The lowest BCUT2D eigenvalue weighted by molar-refractivity contribution is 0.669. The topological polar surface area (TPSA) is 175 Å². The minimum absolute atomic E-state index is 0.515. The number of hydrogen-bond donors (Lipinski definition) is 0. The predicted molar refractivity (Wildman–Crippen MR) is 590 cm³/mol. The molecule has 0 aliphatic rings. The number of furan rings is 3. The molecule has 0 aliphatic carbocycles. The highest BCUT2D eigenvalue weighted by Gasteiger charge is 2.28. The Kier molecular flexibility index (Phi) is 20.9. The van der Waals surface area contributed by atoms with Crippen LogP contribution in [0.4, 0.5) is 5.69 Å². The normalized spacial score (nSPS) is 11.6. The molecule has 0 saturated carbocycles. The van der Waals surface area contributed by atoms with Gasteiger partial charge in [-0.1, -0.05) is 400 Å². The molecular formula is C130H79N13O3. The Balaban J connectivity index is 0.000000109. The lowest BCUT2D eigenvalue weighted by Gasteiger charge is -2.11. The van der Waals surface area contributed by atoms with Crippen LogP contribution in [0.15, 0.2) is 492 Å². The molecule has 9 aromatic heterocycles. The molecule has 0 N–H and O–H groups in total. The van der Waals surface area contributed by atoms with Crippen molar-refractivity contribution >= 4 is 137 Å². The fourth-order valence-corrected chi connectivity index (χ4v) is 20.5. The quantitative estimate of drug-likeness (QED) is 0.0944. The first-order chi connectivity index (χ1) is 72.3. The van der Waals surface area contributed by atoms with Crippen LogP contribution in [0, 0.1) is 6.57 Å². The number of hydrogen-bond acceptors (Lipinski definition) is 12. The molecule has 29 rings (SSSR count). The summed E-state index contributed by atoms with van der Waals surface area (Å²) < 4.78 is 26.3. The monoisotopic (exact) mass is 1870 g/mol. The first-order valence-corrected chi connectivity index (χ1v) is 48.4. The van der Waals surface area contributed by atoms with Gasteiger partial charge in [-0.25, -0.2) is 19.8 Å². The molecule has 16 nitrogen and oxygen atoms in total. The van der Waals surface area contributed by atoms with E-state index in [1.807, 2.05) is 146 Å². The van der Waals surface area contributed by atoms with Crippen molar-refractivity contribution in [3.63, 3.8) is 0 Å². The molecule has 9 heterocycles. The van der Waals surface area contributed by atoms with Gasteiger partial charge in [0.1, 0.15) is 33.5 Å². The van der Waals surface area contributed by atoms with Gasteiger partial charge in [-0.3, -0.25) is 13.7 Å². The molecule has 0 bridgehead atoms. The van der Waals surface area contributed by atoms with Gasteiger partial charge in [-0.05, 0) is 129 Å². The number of rotatable bonds is 14. The fourth-order valence-electron chi connectivity index (χ4n) is 20.5. The van der Waals surface area contributed by atoms with Crippen LogP contribution < -0.4 is 0 Å². The van der Waals surface area contributed by atoms with E-state index >= 15 is 0 Å². The molecule has 0 amide bonds. The second-order valence-electron chi connectivity index (χ2n) is 36.1. The number of nitrogens with zero attached hydrogens (tertiary/aromatic N) is 13. The van der Waals surface area contributed by atoms with Gasteiger partial charge < -0.3 is 13.3 Å². The van der Waals surface area contributed by atoms with E-state index in [1.54, 1.807) is 0 Å². The Morgan fingerprint density at radius 1 is 0.164 bits per heavy atom. The van der Waals surface area contributed by atoms with E-state index in [9.17, 15) is 0 Å². The van der Waals surface area contributed by atoms with Crippen molar-refractivity contribution in [2.45, 2.75) is 0 Å². The van der Waals surface area contributed by atoms with Gasteiger partial charge in [-0.2, -0.15) is 29.9 Å². The highest BCUT2D eigenvalue weighted by molar-refractivity contribution is 6.16. The van der Waals surface area contributed by atoms with Gasteiger partial charge in [0, 0.05) is 86.9 Å². The number of para-hydroxylation sites is 10. The molecule has 16 heteroatoms. The van der Waals surface area contributed by atoms with Crippen LogP contribution in [0.3, 0.4) is 0 Å². The molecule has 20 aromatic carbocycles. The van der Waals surface area contributed by atoms with E-state index in [0.717, 1.165) is 209 Å². The van der Waals surface area contributed by atoms with Crippen LogP contribution in [0.5, 0.6) is 0 Å². The largest absolute Gasteiger partial charge is 0.455 e. The standard InChI is InChI=1S/C46H27N5O.C45H28N4O.C39H24N4O/c1-47-33-27-25-31(26-28-33)34-15-9-16-37-38-17-10-18-39(43(38)52-42(34)37)45-48-44(32-23-21-30(22-24-32)29-11-3-2-4-12-29)49-46(50-45)51-40-19-7-5-13-35(40)36-14-6-8-20-41(36)51;1-3-12-29(13-4-1)31-22-24-32(25-23-31)43-46-44(48-45(47-43)49-39-20-9-7-16-34(39)35-17-8-10-21-40(35)49)37-19-11-18-36-38-28-33(30-14-5-2-6-15-30)26-27-41(38)50-42(36)37;1-3-12-25(13-4-1)27-22-23-35-32(24-27)30-18-11-19-31(36(30)44-35)38-40-37(26-14-5-2-6-15-26)41-39(42-38)43-33-20-9-7-16-28(33)29-17-8-10-21-34(29)43/h2-28H;1-28H;1-24H. The smallest absolute Gasteiger partial charge is 0.238 e. The Labute approximate surface area is 835 Å². The van der Waals surface area contributed by atoms with E-state index in [0.29, 0.717) is 64.1 Å². The molecule has 0 saturated heterocycles. The highest BCUT2D eigenvalue weighted by atomic mass is 16.3. The van der Waals surface area contributed by atoms with E-state index in [-0.39, 0.29) is 0 Å². The van der Waals surface area contributed by atoms with E-state index < -0.39 is 0 Å². The van der Waals surface area contributed by atoms with Crippen LogP contribution >= 0.6 is 0 Å². The maximum absolute atomic E-state index is 7.37. The molecule has 0 unspecified atom stereocenters. The summed E-state index contributed by atoms with van der Waals surface area (Å²) in [6, 6.07) is 164. The second kappa shape index (κ2) is 35.9. The third-order valence-electron chi connectivity index (χ3n) is 27.5. The predicted octanol–water partition coefficient (Wildman–Crippen LogP) is 33.5. The summed E-state index contributed by atoms with van der Waals surface area (Å²) in [6.07, 6.45) is 0. The zero-order valence-electron chi connectivity index (χ0n) is 78.1. The molecule has 0 spiro atoms. The SMILES string of the molecule is [C-]#[N+]c1ccc(-c2cccc3c2oc2c(-c4nc(-c5ccc(-c6ccccc6)cc5)nc(-n5c6ccccc6c6ccccc65)n4)cccc23)cc1.c1ccc(-c2ccc(-c3nc(-c4cccc5c4oc4ccc(-c6ccccc6)cc45)nc(-n4c5ccccc5c5ccccc54)n3)cc2)cc1.c1ccc(-c2ccc3oc4c(-c5nc(-c6ccccc6)nc(-n6c7ccccc7c7ccccc76)n5)cccc4c3c2)cc1. The first-order valence-electron chi connectivity index (χ1n) is 48.4. The summed E-state index contributed by atoms with van der Waals surface area (Å²) in [5, 5.41) is 13.0. The summed E-state index contributed by atoms with van der Waals surface area (Å²) in [4.78, 5) is 49.8. The van der Waals surface area contributed by atoms with Crippen molar-refractivity contribution in [3.05, 3.63) is 491 Å². The molecule has 0 fully saturated rings. The van der Waals surface area contributed by atoms with Crippen molar-refractivity contribution in [1.29, 1.82) is 0 Å². The molecule has 146 heavy (non-hydrogen) atoms. The summed E-state index contributed by atoms with van der Waals surface area (Å²) in [5.41, 5.74) is 27.6. The zero-order valence-corrected chi connectivity index (χ0v) is 78.1. The van der Waals surface area contributed by atoms with Crippen molar-refractivity contribution in [3.8, 4) is 142 Å². The Morgan fingerprint density at radius 2 is 0.390 bits per heavy atom. The second-order valence-corrected chi connectivity index (χ2v) is 36.1. The summed E-state index contributed by atoms with van der Waals surface area (Å²) in [7, 11) is 0. The minimum atomic E-state index is 0.515. The van der Waals surface area contributed by atoms with Gasteiger partial charge in [-0.15, -0.1) is 0 Å². The molecule has 0 atom stereocenters. The Hall–Kier alpha value is -20.3. The molecule has 29 aromatic rings. The molecular weight excluding hydrogens is 1790 g/mol. The number of fused-ring (bicyclic) bond motifs is 18. The third kappa shape index (κ3) is 15.1. The van der Waals surface area contributed by atoms with E-state index in [4.69, 9.17) is 64.7 Å². The molecule has 0 radical (unpaired) electrons. The van der Waals surface area contributed by atoms with Crippen LogP contribution in [0.25, 0.3) is 278 Å². The van der Waals surface area contributed by atoms with Crippen molar-refractivity contribution < 1.29 is 13.3 Å². The van der Waals surface area contributed by atoms with Crippen molar-refractivity contribution in [2.24, 2.45) is 0 Å². The lowest BCUT2D eigenvalue weighted by atomic mass is 10.0. The van der Waals surface area contributed by atoms with Crippen LogP contribution in [-0.4, -0.2) is 58.6 Å². The van der Waals surface area contributed by atoms with Crippen molar-refractivity contribution in [1.82, 2.24) is 58.6 Å². The Morgan fingerprint density at radius 3 is 0.712 bits per heavy atom. The minimum Gasteiger partial charge on any atom is -0.455 e. The van der Waals surface area contributed by atoms with E-state index in [2.05, 4.69) is 352 Å². The van der Waals surface area contributed by atoms with Crippen LogP contribution in [-0.2, 0) is 0 Å². The third-order valence-corrected chi connectivity index (χ3v) is 27.5. The van der Waals surface area contributed by atoms with Gasteiger partial charge in [0.15, 0.2) is 40.6 Å². The maximum atomic E-state index is 7.37. The average molecular weight is 1870 g/mol.